The Kier molecular flexibility index (Phi) is 5.95. The number of nitrogens with zero attached hydrogens (tertiary/aromatic N) is 3. The van der Waals surface area contributed by atoms with Gasteiger partial charge in [0.2, 0.25) is 5.91 Å². The van der Waals surface area contributed by atoms with Crippen molar-refractivity contribution in [2.75, 3.05) is 19.0 Å². The molecule has 0 aliphatic carbocycles. The summed E-state index contributed by atoms with van der Waals surface area (Å²) in [5.74, 6) is 0.810. The molecule has 0 spiro atoms. The number of anilines is 1. The molecule has 1 aromatic carbocycles. The van der Waals surface area contributed by atoms with Crippen molar-refractivity contribution < 1.29 is 13.9 Å². The predicted octanol–water partition coefficient (Wildman–Crippen LogP) is 2.11. The number of halogens is 1. The molecule has 1 unspecified atom stereocenters. The maximum Gasteiger partial charge on any atom is 0.227 e. The monoisotopic (exact) mass is 361 g/mol. The van der Waals surface area contributed by atoms with E-state index >= 15 is 0 Å². The number of aromatic nitrogens is 3. The van der Waals surface area contributed by atoms with E-state index in [4.69, 9.17) is 10.5 Å². The summed E-state index contributed by atoms with van der Waals surface area (Å²) in [5.41, 5.74) is 6.37. The first kappa shape index (κ1) is 18.5. The summed E-state index contributed by atoms with van der Waals surface area (Å²) in [6.07, 6.45) is 3.90. The Labute approximate surface area is 151 Å². The lowest BCUT2D eigenvalue weighted by molar-refractivity contribution is -0.118. The van der Waals surface area contributed by atoms with Crippen molar-refractivity contribution in [1.29, 1.82) is 0 Å². The molecule has 0 fully saturated rings. The molecule has 0 saturated heterocycles. The lowest BCUT2D eigenvalue weighted by atomic mass is 10.1. The van der Waals surface area contributed by atoms with Gasteiger partial charge in [-0.15, -0.1) is 10.2 Å². The highest BCUT2D eigenvalue weighted by molar-refractivity contribution is 5.91. The minimum absolute atomic E-state index is 0.0665. The number of benzene rings is 1. The minimum atomic E-state index is -0.501. The molecular weight excluding hydrogens is 337 g/mol. The minimum Gasteiger partial charge on any atom is -0.380 e. The number of hydrogen-bond donors (Lipinski definition) is 2. The average molecular weight is 361 g/mol. The number of carbonyl (C=O) groups is 1. The summed E-state index contributed by atoms with van der Waals surface area (Å²) in [5, 5.41) is 11.1. The van der Waals surface area contributed by atoms with Crippen LogP contribution in [0.15, 0.2) is 18.2 Å². The van der Waals surface area contributed by atoms with Gasteiger partial charge in [0, 0.05) is 32.2 Å². The van der Waals surface area contributed by atoms with Gasteiger partial charge in [-0.1, -0.05) is 6.42 Å². The van der Waals surface area contributed by atoms with Gasteiger partial charge >= 0.3 is 0 Å². The fourth-order valence-electron chi connectivity index (χ4n) is 3.13. The van der Waals surface area contributed by atoms with Crippen LogP contribution in [0.2, 0.25) is 0 Å². The summed E-state index contributed by atoms with van der Waals surface area (Å²) in [6, 6.07) is 4.59. The van der Waals surface area contributed by atoms with Crippen molar-refractivity contribution in [2.45, 2.75) is 44.8 Å². The molecule has 1 amide bonds. The van der Waals surface area contributed by atoms with Crippen LogP contribution in [0.3, 0.4) is 0 Å². The van der Waals surface area contributed by atoms with Crippen LogP contribution in [0.5, 0.6) is 0 Å². The summed E-state index contributed by atoms with van der Waals surface area (Å²) in [4.78, 5) is 12.1. The van der Waals surface area contributed by atoms with Gasteiger partial charge in [0.1, 0.15) is 11.6 Å². The molecule has 1 aromatic heterocycles. The standard InChI is InChI=1S/C18H24FN5O2/c1-26-13(11-20)10-17(25)21-15-9-12(6-7-14(15)19)18-23-22-16-5-3-2-4-8-24(16)18/h6-7,9,13H,2-5,8,10-11,20H2,1H3,(H,21,25). The van der Waals surface area contributed by atoms with Crippen molar-refractivity contribution in [3.63, 3.8) is 0 Å². The van der Waals surface area contributed by atoms with Gasteiger partial charge in [-0.3, -0.25) is 4.79 Å². The largest absolute Gasteiger partial charge is 0.380 e. The number of ether oxygens (including phenoxy) is 1. The molecule has 1 aliphatic rings. The lowest BCUT2D eigenvalue weighted by Gasteiger charge is -2.14. The third-order valence-corrected chi connectivity index (χ3v) is 4.62. The maximum atomic E-state index is 14.2. The molecule has 140 valence electrons. The van der Waals surface area contributed by atoms with Crippen molar-refractivity contribution in [1.82, 2.24) is 14.8 Å². The van der Waals surface area contributed by atoms with Crippen molar-refractivity contribution in [2.24, 2.45) is 5.73 Å². The second kappa shape index (κ2) is 8.37. The van der Waals surface area contributed by atoms with Crippen LogP contribution >= 0.6 is 0 Å². The van der Waals surface area contributed by atoms with Gasteiger partial charge in [-0.25, -0.2) is 4.39 Å². The first-order valence-corrected chi connectivity index (χ1v) is 8.87. The molecular formula is C18H24FN5O2. The van der Waals surface area contributed by atoms with Crippen molar-refractivity contribution in [3.8, 4) is 11.4 Å². The first-order valence-electron chi connectivity index (χ1n) is 8.87. The van der Waals surface area contributed by atoms with Crippen LogP contribution in [0.25, 0.3) is 11.4 Å². The number of nitrogens with two attached hydrogens (primary N) is 1. The molecule has 1 aliphatic heterocycles. The fraction of sp³-hybridized carbons (Fsp3) is 0.500. The number of hydrogen-bond acceptors (Lipinski definition) is 5. The molecule has 26 heavy (non-hydrogen) atoms. The second-order valence-corrected chi connectivity index (χ2v) is 6.44. The van der Waals surface area contributed by atoms with Crippen molar-refractivity contribution >= 4 is 11.6 Å². The van der Waals surface area contributed by atoms with E-state index in [1.807, 2.05) is 0 Å². The Bertz CT molecular complexity index is 773. The molecule has 3 N–H and O–H groups in total. The Morgan fingerprint density at radius 2 is 2.23 bits per heavy atom. The second-order valence-electron chi connectivity index (χ2n) is 6.44. The highest BCUT2D eigenvalue weighted by atomic mass is 19.1. The zero-order valence-corrected chi connectivity index (χ0v) is 14.9. The van der Waals surface area contributed by atoms with Crippen molar-refractivity contribution in [3.05, 3.63) is 29.8 Å². The van der Waals surface area contributed by atoms with Crippen LogP contribution in [-0.2, 0) is 22.5 Å². The van der Waals surface area contributed by atoms with Crippen LogP contribution in [0.4, 0.5) is 10.1 Å². The van der Waals surface area contributed by atoms with Gasteiger partial charge in [-0.05, 0) is 31.0 Å². The van der Waals surface area contributed by atoms with E-state index in [2.05, 4.69) is 20.1 Å². The van der Waals surface area contributed by atoms with Gasteiger partial charge in [-0.2, -0.15) is 0 Å². The van der Waals surface area contributed by atoms with E-state index in [0.717, 1.165) is 43.6 Å². The summed E-state index contributed by atoms with van der Waals surface area (Å²) in [7, 11) is 1.49. The zero-order chi connectivity index (χ0) is 18.5. The van der Waals surface area contributed by atoms with Crippen LogP contribution in [0.1, 0.15) is 31.5 Å². The summed E-state index contributed by atoms with van der Waals surface area (Å²) < 4.78 is 21.3. The number of aryl methyl sites for hydroxylation is 1. The Morgan fingerprint density at radius 1 is 1.38 bits per heavy atom. The highest BCUT2D eigenvalue weighted by Crippen LogP contribution is 2.26. The fourth-order valence-corrected chi connectivity index (χ4v) is 3.13. The molecule has 8 heteroatoms. The quantitative estimate of drug-likeness (QED) is 0.822. The predicted molar refractivity (Wildman–Crippen MR) is 96.1 cm³/mol. The molecule has 3 rings (SSSR count). The molecule has 0 bridgehead atoms. The maximum absolute atomic E-state index is 14.2. The van der Waals surface area contributed by atoms with E-state index in [1.54, 1.807) is 12.1 Å². The van der Waals surface area contributed by atoms with E-state index in [9.17, 15) is 9.18 Å². The number of carbonyl (C=O) groups excluding carboxylic acids is 1. The molecule has 0 saturated carbocycles. The Hall–Kier alpha value is -2.32. The first-order chi connectivity index (χ1) is 12.6. The normalized spacial score (nSPS) is 15.2. The van der Waals surface area contributed by atoms with Gasteiger partial charge in [0.05, 0.1) is 18.2 Å². The van der Waals surface area contributed by atoms with Crippen LogP contribution in [-0.4, -0.2) is 40.4 Å². The van der Waals surface area contributed by atoms with E-state index in [1.165, 1.54) is 13.2 Å². The van der Waals surface area contributed by atoms with E-state index in [-0.39, 0.29) is 24.6 Å². The lowest BCUT2D eigenvalue weighted by Crippen LogP contribution is -2.28. The van der Waals surface area contributed by atoms with E-state index < -0.39 is 11.9 Å². The van der Waals surface area contributed by atoms with Gasteiger partial charge < -0.3 is 20.4 Å². The smallest absolute Gasteiger partial charge is 0.227 e. The van der Waals surface area contributed by atoms with Gasteiger partial charge in [0.15, 0.2) is 5.82 Å². The summed E-state index contributed by atoms with van der Waals surface area (Å²) >= 11 is 0. The van der Waals surface area contributed by atoms with Crippen LogP contribution < -0.4 is 11.1 Å². The average Bonchev–Trinajstić information content (AvgIpc) is 2.90. The number of rotatable bonds is 6. The molecule has 7 nitrogen and oxygen atoms in total. The Balaban J connectivity index is 1.82. The van der Waals surface area contributed by atoms with E-state index in [0.29, 0.717) is 5.82 Å². The summed E-state index contributed by atoms with van der Waals surface area (Å²) in [6.45, 7) is 1.07. The molecule has 1 atom stereocenters. The molecule has 0 radical (unpaired) electrons. The van der Waals surface area contributed by atoms with Gasteiger partial charge in [0.25, 0.3) is 0 Å². The topological polar surface area (TPSA) is 95.1 Å². The SMILES string of the molecule is COC(CN)CC(=O)Nc1cc(-c2nnc3n2CCCCC3)ccc1F. The third kappa shape index (κ3) is 4.08. The molecule has 2 heterocycles. The highest BCUT2D eigenvalue weighted by Gasteiger charge is 2.18. The third-order valence-electron chi connectivity index (χ3n) is 4.62. The zero-order valence-electron chi connectivity index (χ0n) is 14.9. The number of nitrogens with one attached hydrogen (secondary N) is 1. The Morgan fingerprint density at radius 3 is 3.00 bits per heavy atom. The number of methoxy groups -OCH3 is 1. The van der Waals surface area contributed by atoms with Crippen LogP contribution in [0, 0.1) is 5.82 Å². The molecule has 2 aromatic rings. The number of fused-ring (bicyclic) bond motifs is 1. The number of amides is 1.